The largest absolute Gasteiger partial charge is 0.493 e. The summed E-state index contributed by atoms with van der Waals surface area (Å²) in [5, 5.41) is 0. The van der Waals surface area contributed by atoms with Crippen LogP contribution in [0.4, 0.5) is 0 Å². The molecule has 2 heterocycles. The van der Waals surface area contributed by atoms with E-state index in [0.29, 0.717) is 30.3 Å². The Morgan fingerprint density at radius 1 is 0.966 bits per heavy atom. The van der Waals surface area contributed by atoms with Crippen molar-refractivity contribution in [3.05, 3.63) is 70.9 Å². The van der Waals surface area contributed by atoms with E-state index in [0.717, 1.165) is 24.3 Å². The summed E-state index contributed by atoms with van der Waals surface area (Å²) in [6.45, 7) is 6.19. The molecule has 2 aromatic carbocycles. The van der Waals surface area contributed by atoms with Crippen LogP contribution >= 0.6 is 0 Å². The second-order valence-corrected chi connectivity index (χ2v) is 8.06. The summed E-state index contributed by atoms with van der Waals surface area (Å²) in [5.41, 5.74) is 4.24. The lowest BCUT2D eigenvalue weighted by Gasteiger charge is -2.31. The average Bonchev–Trinajstić information content (AvgIpc) is 2.96. The molecule has 2 aliphatic heterocycles. The summed E-state index contributed by atoms with van der Waals surface area (Å²) in [6.07, 6.45) is 0.861. The van der Waals surface area contributed by atoms with E-state index in [1.54, 1.807) is 7.05 Å². The number of benzene rings is 2. The van der Waals surface area contributed by atoms with Gasteiger partial charge in [0.05, 0.1) is 12.2 Å². The third-order valence-electron chi connectivity index (χ3n) is 5.44. The fraction of sp³-hybridized carbons (Fsp3) is 0.333. The fourth-order valence-corrected chi connectivity index (χ4v) is 3.85. The number of hydrogen-bond donors (Lipinski definition) is 0. The number of ether oxygens (including phenoxy) is 1. The number of fused-ring (bicyclic) bond motifs is 1. The molecule has 0 bridgehead atoms. The fourth-order valence-electron chi connectivity index (χ4n) is 3.85. The summed E-state index contributed by atoms with van der Waals surface area (Å²) in [4.78, 5) is 29.1. The molecule has 0 aliphatic carbocycles. The topological polar surface area (TPSA) is 49.9 Å². The number of imide groups is 1. The number of carbonyl (C=O) groups excluding carboxylic acids is 2. The maximum atomic E-state index is 12.9. The summed E-state index contributed by atoms with van der Waals surface area (Å²) in [7, 11) is 1.55. The lowest BCUT2D eigenvalue weighted by Crippen LogP contribution is -2.35. The normalized spacial score (nSPS) is 16.7. The Bertz CT molecular complexity index is 976. The van der Waals surface area contributed by atoms with E-state index in [1.165, 1.54) is 16.0 Å². The van der Waals surface area contributed by atoms with Gasteiger partial charge < -0.3 is 9.64 Å². The van der Waals surface area contributed by atoms with Crippen LogP contribution < -0.4 is 4.74 Å². The molecule has 4 rings (SSSR count). The predicted molar refractivity (Wildman–Crippen MR) is 112 cm³/mol. The molecule has 0 spiro atoms. The van der Waals surface area contributed by atoms with Gasteiger partial charge in [-0.3, -0.25) is 14.5 Å². The zero-order valence-electron chi connectivity index (χ0n) is 17.1. The Kier molecular flexibility index (Phi) is 5.14. The first-order valence-electron chi connectivity index (χ1n) is 10.1. The second kappa shape index (κ2) is 7.74. The highest BCUT2D eigenvalue weighted by molar-refractivity contribution is 6.35. The summed E-state index contributed by atoms with van der Waals surface area (Å²) in [6, 6.07) is 15.7. The smallest absolute Gasteiger partial charge is 0.277 e. The van der Waals surface area contributed by atoms with Crippen LogP contribution in [0.5, 0.6) is 5.75 Å². The number of hydrogen-bond acceptors (Lipinski definition) is 4. The Hall–Kier alpha value is -3.08. The van der Waals surface area contributed by atoms with Crippen LogP contribution in [-0.4, -0.2) is 41.8 Å². The van der Waals surface area contributed by atoms with Gasteiger partial charge in [0.25, 0.3) is 11.8 Å². The molecule has 0 N–H and O–H groups in total. The molecule has 0 unspecified atom stereocenters. The predicted octanol–water partition coefficient (Wildman–Crippen LogP) is 3.49. The minimum absolute atomic E-state index is 0.232. The quantitative estimate of drug-likeness (QED) is 0.734. The van der Waals surface area contributed by atoms with Crippen molar-refractivity contribution < 1.29 is 14.3 Å². The lowest BCUT2D eigenvalue weighted by molar-refractivity contribution is -0.136. The van der Waals surface area contributed by atoms with Crippen molar-refractivity contribution in [2.75, 3.05) is 20.2 Å². The first-order valence-corrected chi connectivity index (χ1v) is 10.1. The summed E-state index contributed by atoms with van der Waals surface area (Å²) in [5.74, 6) is 0.722. The van der Waals surface area contributed by atoms with E-state index in [2.05, 4.69) is 26.0 Å². The van der Waals surface area contributed by atoms with Crippen LogP contribution in [0, 0.1) is 5.92 Å². The van der Waals surface area contributed by atoms with Crippen molar-refractivity contribution in [2.24, 2.45) is 5.92 Å². The number of nitrogens with zero attached hydrogens (tertiary/aromatic N) is 2. The van der Waals surface area contributed by atoms with Gasteiger partial charge in [0.1, 0.15) is 11.4 Å². The van der Waals surface area contributed by atoms with Gasteiger partial charge in [0.15, 0.2) is 0 Å². The van der Waals surface area contributed by atoms with Gasteiger partial charge in [-0.25, -0.2) is 0 Å². The standard InChI is InChI=1S/C24H26N2O3/c1-16(2)15-29-20-10-8-18(9-11-20)21-22(24(28)25(3)23(21)27)26-13-12-17-6-4-5-7-19(17)14-26/h4-11,16H,12-15H2,1-3H3. The van der Waals surface area contributed by atoms with Crippen LogP contribution in [0.15, 0.2) is 54.2 Å². The highest BCUT2D eigenvalue weighted by Gasteiger charge is 2.40. The molecule has 0 fully saturated rings. The number of carbonyl (C=O) groups is 2. The Morgan fingerprint density at radius 2 is 1.66 bits per heavy atom. The number of likely N-dealkylation sites (N-methyl/N-ethyl adjacent to an activating group) is 1. The maximum Gasteiger partial charge on any atom is 0.277 e. The Morgan fingerprint density at radius 3 is 2.34 bits per heavy atom. The molecule has 29 heavy (non-hydrogen) atoms. The maximum absolute atomic E-state index is 12.9. The van der Waals surface area contributed by atoms with Gasteiger partial charge in [-0.15, -0.1) is 0 Å². The molecule has 2 amide bonds. The van der Waals surface area contributed by atoms with Crippen molar-refractivity contribution in [2.45, 2.75) is 26.8 Å². The van der Waals surface area contributed by atoms with Gasteiger partial charge in [0.2, 0.25) is 0 Å². The molecule has 0 saturated heterocycles. The molecule has 0 saturated carbocycles. The third kappa shape index (κ3) is 3.65. The van der Waals surface area contributed by atoms with Crippen LogP contribution in [0.25, 0.3) is 5.57 Å². The van der Waals surface area contributed by atoms with Crippen molar-refractivity contribution in [1.29, 1.82) is 0 Å². The first kappa shape index (κ1) is 19.2. The van der Waals surface area contributed by atoms with E-state index in [-0.39, 0.29) is 11.8 Å². The van der Waals surface area contributed by atoms with Crippen LogP contribution in [0.3, 0.4) is 0 Å². The van der Waals surface area contributed by atoms with Crippen LogP contribution in [0.1, 0.15) is 30.5 Å². The SMILES string of the molecule is CC(C)COc1ccc(C2=C(N3CCc4ccccc4C3)C(=O)N(C)C2=O)cc1. The van der Waals surface area contributed by atoms with E-state index in [4.69, 9.17) is 4.74 Å². The van der Waals surface area contributed by atoms with E-state index < -0.39 is 0 Å². The van der Waals surface area contributed by atoms with E-state index in [1.807, 2.05) is 41.3 Å². The Balaban J connectivity index is 1.68. The molecule has 150 valence electrons. The average molecular weight is 390 g/mol. The number of amides is 2. The minimum atomic E-state index is -0.250. The van der Waals surface area contributed by atoms with Crippen LogP contribution in [0.2, 0.25) is 0 Å². The molecular formula is C24H26N2O3. The van der Waals surface area contributed by atoms with Gasteiger partial charge >= 0.3 is 0 Å². The lowest BCUT2D eigenvalue weighted by atomic mass is 9.98. The highest BCUT2D eigenvalue weighted by atomic mass is 16.5. The summed E-state index contributed by atoms with van der Waals surface area (Å²) < 4.78 is 5.75. The molecule has 2 aliphatic rings. The molecule has 5 heteroatoms. The highest BCUT2D eigenvalue weighted by Crippen LogP contribution is 2.34. The van der Waals surface area contributed by atoms with Crippen molar-refractivity contribution in [3.8, 4) is 5.75 Å². The van der Waals surface area contributed by atoms with Crippen molar-refractivity contribution in [1.82, 2.24) is 9.80 Å². The van der Waals surface area contributed by atoms with Crippen LogP contribution in [-0.2, 0) is 22.6 Å². The molecule has 0 radical (unpaired) electrons. The number of rotatable bonds is 5. The van der Waals surface area contributed by atoms with Gasteiger partial charge in [-0.1, -0.05) is 50.2 Å². The molecule has 0 atom stereocenters. The molecular weight excluding hydrogens is 364 g/mol. The third-order valence-corrected chi connectivity index (χ3v) is 5.44. The summed E-state index contributed by atoms with van der Waals surface area (Å²) >= 11 is 0. The van der Waals surface area contributed by atoms with Crippen molar-refractivity contribution in [3.63, 3.8) is 0 Å². The minimum Gasteiger partial charge on any atom is -0.493 e. The van der Waals surface area contributed by atoms with Crippen molar-refractivity contribution >= 4 is 17.4 Å². The van der Waals surface area contributed by atoms with Gasteiger partial charge in [0, 0.05) is 20.1 Å². The first-order chi connectivity index (χ1) is 14.0. The Labute approximate surface area is 171 Å². The van der Waals surface area contributed by atoms with E-state index >= 15 is 0 Å². The zero-order valence-corrected chi connectivity index (χ0v) is 17.1. The molecule has 2 aromatic rings. The molecule has 0 aromatic heterocycles. The van der Waals surface area contributed by atoms with Gasteiger partial charge in [-0.2, -0.15) is 0 Å². The monoisotopic (exact) mass is 390 g/mol. The molecule has 5 nitrogen and oxygen atoms in total. The second-order valence-electron chi connectivity index (χ2n) is 8.06. The zero-order chi connectivity index (χ0) is 20.5. The van der Waals surface area contributed by atoms with E-state index in [9.17, 15) is 9.59 Å². The van der Waals surface area contributed by atoms with Gasteiger partial charge in [-0.05, 0) is 41.2 Å².